The summed E-state index contributed by atoms with van der Waals surface area (Å²) in [5, 5.41) is 12.3. The molecule has 6 nitrogen and oxygen atoms in total. The van der Waals surface area contributed by atoms with Crippen molar-refractivity contribution in [3.63, 3.8) is 0 Å². The molecular weight excluding hydrogens is 272 g/mol. The fourth-order valence-corrected chi connectivity index (χ4v) is 1.99. The van der Waals surface area contributed by atoms with Gasteiger partial charge in [-0.3, -0.25) is 9.36 Å². The molecule has 0 radical (unpaired) electrons. The van der Waals surface area contributed by atoms with E-state index >= 15 is 0 Å². The summed E-state index contributed by atoms with van der Waals surface area (Å²) in [5.74, 6) is 0. The van der Waals surface area contributed by atoms with Crippen molar-refractivity contribution in [2.75, 3.05) is 7.05 Å². The Balaban J connectivity index is 1.83. The highest BCUT2D eigenvalue weighted by atomic mass is 32.1. The standard InChI is InChI=1S/C13H20N6S/c1-4-19-9-11(8-16-19)7-14-13(20)17(2)10-12-5-6-15-18(12)3/h5-6,8-9H,4,7,10H2,1-3H3,(H,14,20). The minimum atomic E-state index is 0.689. The Kier molecular flexibility index (Phi) is 4.73. The van der Waals surface area contributed by atoms with E-state index in [1.807, 2.05) is 46.8 Å². The highest BCUT2D eigenvalue weighted by Crippen LogP contribution is 2.02. The highest BCUT2D eigenvalue weighted by Gasteiger charge is 2.07. The van der Waals surface area contributed by atoms with Crippen LogP contribution in [0, 0.1) is 0 Å². The lowest BCUT2D eigenvalue weighted by atomic mass is 10.3. The van der Waals surface area contributed by atoms with Crippen LogP contribution in [0.4, 0.5) is 0 Å². The topological polar surface area (TPSA) is 50.9 Å². The third-order valence-electron chi connectivity index (χ3n) is 3.12. The predicted octanol–water partition coefficient (Wildman–Crippen LogP) is 1.14. The van der Waals surface area contributed by atoms with Crippen molar-refractivity contribution < 1.29 is 0 Å². The van der Waals surface area contributed by atoms with Crippen molar-refractivity contribution in [3.05, 3.63) is 35.9 Å². The van der Waals surface area contributed by atoms with E-state index in [4.69, 9.17) is 12.2 Å². The minimum absolute atomic E-state index is 0.689. The zero-order valence-corrected chi connectivity index (χ0v) is 12.9. The minimum Gasteiger partial charge on any atom is -0.358 e. The number of thiocarbonyl (C=S) groups is 1. The number of nitrogens with one attached hydrogen (secondary N) is 1. The summed E-state index contributed by atoms with van der Waals surface area (Å²) in [7, 11) is 3.90. The average molecular weight is 292 g/mol. The van der Waals surface area contributed by atoms with Crippen molar-refractivity contribution in [3.8, 4) is 0 Å². The number of aromatic nitrogens is 4. The summed E-state index contributed by atoms with van der Waals surface area (Å²) in [4.78, 5) is 2.00. The van der Waals surface area contributed by atoms with Gasteiger partial charge >= 0.3 is 0 Å². The van der Waals surface area contributed by atoms with Crippen LogP contribution in [-0.4, -0.2) is 36.6 Å². The molecule has 0 amide bonds. The Bertz CT molecular complexity index is 573. The SMILES string of the molecule is CCn1cc(CNC(=S)N(C)Cc2ccnn2C)cn1. The van der Waals surface area contributed by atoms with E-state index in [2.05, 4.69) is 22.4 Å². The van der Waals surface area contributed by atoms with Crippen LogP contribution in [0.2, 0.25) is 0 Å². The molecule has 0 saturated carbocycles. The number of nitrogens with zero attached hydrogens (tertiary/aromatic N) is 5. The lowest BCUT2D eigenvalue weighted by Crippen LogP contribution is -2.36. The van der Waals surface area contributed by atoms with E-state index in [-0.39, 0.29) is 0 Å². The quantitative estimate of drug-likeness (QED) is 0.838. The second-order valence-electron chi connectivity index (χ2n) is 4.67. The van der Waals surface area contributed by atoms with Gasteiger partial charge in [-0.1, -0.05) is 0 Å². The maximum atomic E-state index is 5.39. The fourth-order valence-electron chi connectivity index (χ4n) is 1.85. The van der Waals surface area contributed by atoms with Gasteiger partial charge in [0.15, 0.2) is 5.11 Å². The summed E-state index contributed by atoms with van der Waals surface area (Å²) >= 11 is 5.39. The maximum Gasteiger partial charge on any atom is 0.169 e. The third kappa shape index (κ3) is 3.57. The van der Waals surface area contributed by atoms with Crippen molar-refractivity contribution in [2.24, 2.45) is 7.05 Å². The largest absolute Gasteiger partial charge is 0.358 e. The molecule has 1 N–H and O–H groups in total. The molecule has 0 unspecified atom stereocenters. The molecule has 108 valence electrons. The van der Waals surface area contributed by atoms with Gasteiger partial charge in [-0.05, 0) is 25.2 Å². The number of rotatable bonds is 5. The first kappa shape index (κ1) is 14.5. The second kappa shape index (κ2) is 6.51. The first-order valence-corrected chi connectivity index (χ1v) is 6.98. The Labute approximate surface area is 124 Å². The van der Waals surface area contributed by atoms with Crippen LogP contribution in [0.5, 0.6) is 0 Å². The maximum absolute atomic E-state index is 5.39. The molecule has 0 atom stereocenters. The summed E-state index contributed by atoms with van der Waals surface area (Å²) < 4.78 is 3.75. The molecule has 2 heterocycles. The van der Waals surface area contributed by atoms with Crippen LogP contribution in [0.15, 0.2) is 24.7 Å². The Hall–Kier alpha value is -1.89. The molecule has 7 heteroatoms. The van der Waals surface area contributed by atoms with Crippen LogP contribution in [-0.2, 0) is 26.7 Å². The normalized spacial score (nSPS) is 10.6. The molecule has 2 rings (SSSR count). The zero-order chi connectivity index (χ0) is 14.5. The summed E-state index contributed by atoms with van der Waals surface area (Å²) in [6, 6.07) is 1.99. The predicted molar refractivity (Wildman–Crippen MR) is 82.0 cm³/mol. The number of aryl methyl sites for hydroxylation is 2. The van der Waals surface area contributed by atoms with E-state index in [1.165, 1.54) is 0 Å². The van der Waals surface area contributed by atoms with Gasteiger partial charge in [-0.25, -0.2) is 0 Å². The van der Waals surface area contributed by atoms with Crippen LogP contribution >= 0.6 is 12.2 Å². The molecule has 0 aliphatic carbocycles. The van der Waals surface area contributed by atoms with Crippen LogP contribution in [0.1, 0.15) is 18.2 Å². The van der Waals surface area contributed by atoms with E-state index in [1.54, 1.807) is 6.20 Å². The summed E-state index contributed by atoms with van der Waals surface area (Å²) in [6.07, 6.45) is 5.68. The molecule has 0 aliphatic rings. The van der Waals surface area contributed by atoms with Gasteiger partial charge in [-0.15, -0.1) is 0 Å². The number of hydrogen-bond donors (Lipinski definition) is 1. The molecule has 0 bridgehead atoms. The Morgan fingerprint density at radius 3 is 2.85 bits per heavy atom. The second-order valence-corrected chi connectivity index (χ2v) is 5.05. The molecule has 0 spiro atoms. The van der Waals surface area contributed by atoms with Crippen molar-refractivity contribution >= 4 is 17.3 Å². The molecule has 2 aromatic rings. The molecule has 20 heavy (non-hydrogen) atoms. The zero-order valence-electron chi connectivity index (χ0n) is 12.1. The summed E-state index contributed by atoms with van der Waals surface area (Å²) in [6.45, 7) is 4.37. The summed E-state index contributed by atoms with van der Waals surface area (Å²) in [5.41, 5.74) is 2.25. The Morgan fingerprint density at radius 1 is 1.45 bits per heavy atom. The van der Waals surface area contributed by atoms with Crippen molar-refractivity contribution in [2.45, 2.75) is 26.6 Å². The molecule has 0 aromatic carbocycles. The molecule has 0 aliphatic heterocycles. The lowest BCUT2D eigenvalue weighted by molar-refractivity contribution is 0.466. The van der Waals surface area contributed by atoms with Gasteiger partial charge in [-0.2, -0.15) is 10.2 Å². The van der Waals surface area contributed by atoms with Crippen LogP contribution in [0.25, 0.3) is 0 Å². The van der Waals surface area contributed by atoms with Gasteiger partial charge < -0.3 is 10.2 Å². The van der Waals surface area contributed by atoms with E-state index in [0.717, 1.165) is 29.5 Å². The van der Waals surface area contributed by atoms with Crippen molar-refractivity contribution in [1.82, 2.24) is 29.8 Å². The first-order chi connectivity index (χ1) is 9.60. The fraction of sp³-hybridized carbons (Fsp3) is 0.462. The van der Waals surface area contributed by atoms with Crippen LogP contribution in [0.3, 0.4) is 0 Å². The monoisotopic (exact) mass is 292 g/mol. The van der Waals surface area contributed by atoms with E-state index in [0.29, 0.717) is 6.54 Å². The smallest absolute Gasteiger partial charge is 0.169 e. The van der Waals surface area contributed by atoms with Gasteiger partial charge in [0.2, 0.25) is 0 Å². The van der Waals surface area contributed by atoms with Crippen LogP contribution < -0.4 is 5.32 Å². The molecule has 0 saturated heterocycles. The molecular formula is C13H20N6S. The third-order valence-corrected chi connectivity index (χ3v) is 3.58. The molecule has 2 aromatic heterocycles. The van der Waals surface area contributed by atoms with Crippen molar-refractivity contribution in [1.29, 1.82) is 0 Å². The van der Waals surface area contributed by atoms with Gasteiger partial charge in [0.1, 0.15) is 0 Å². The van der Waals surface area contributed by atoms with E-state index in [9.17, 15) is 0 Å². The first-order valence-electron chi connectivity index (χ1n) is 6.57. The number of hydrogen-bond acceptors (Lipinski definition) is 3. The Morgan fingerprint density at radius 2 is 2.25 bits per heavy atom. The van der Waals surface area contributed by atoms with Gasteiger partial charge in [0.25, 0.3) is 0 Å². The van der Waals surface area contributed by atoms with Gasteiger partial charge in [0.05, 0.1) is 18.4 Å². The lowest BCUT2D eigenvalue weighted by Gasteiger charge is -2.20. The van der Waals surface area contributed by atoms with Gasteiger partial charge in [0, 0.05) is 45.1 Å². The highest BCUT2D eigenvalue weighted by molar-refractivity contribution is 7.80. The molecule has 0 fully saturated rings. The average Bonchev–Trinajstić information content (AvgIpc) is 3.05. The van der Waals surface area contributed by atoms with E-state index < -0.39 is 0 Å².